The lowest BCUT2D eigenvalue weighted by molar-refractivity contribution is -0.126. The van der Waals surface area contributed by atoms with E-state index in [2.05, 4.69) is 5.32 Å². The fraction of sp³-hybridized carbons (Fsp3) is 0.391. The molecule has 1 saturated heterocycles. The molecule has 3 rings (SSSR count). The van der Waals surface area contributed by atoms with Crippen LogP contribution in [0.1, 0.15) is 28.8 Å². The number of methoxy groups -OCH3 is 3. The van der Waals surface area contributed by atoms with Crippen LogP contribution in [0.3, 0.4) is 0 Å². The maximum Gasteiger partial charge on any atom is 0.256 e. The zero-order valence-corrected chi connectivity index (χ0v) is 18.2. The van der Waals surface area contributed by atoms with Crippen molar-refractivity contribution in [2.75, 3.05) is 34.4 Å². The van der Waals surface area contributed by atoms with Crippen LogP contribution in [0.5, 0.6) is 17.2 Å². The van der Waals surface area contributed by atoms with Gasteiger partial charge in [0.25, 0.3) is 5.91 Å². The molecule has 0 spiro atoms. The summed E-state index contributed by atoms with van der Waals surface area (Å²) in [4.78, 5) is 26.7. The number of carbonyl (C=O) groups excluding carboxylic acids is 2. The summed E-state index contributed by atoms with van der Waals surface area (Å²) in [6.45, 7) is 0.864. The quantitative estimate of drug-likeness (QED) is 0.704. The molecule has 172 valence electrons. The first kappa shape index (κ1) is 23.3. The van der Waals surface area contributed by atoms with Gasteiger partial charge in [-0.3, -0.25) is 9.59 Å². The molecule has 1 fully saturated rings. The number of amides is 2. The summed E-state index contributed by atoms with van der Waals surface area (Å²) in [7, 11) is 4.59. The Kier molecular flexibility index (Phi) is 7.50. The number of piperidine rings is 1. The Balaban J connectivity index is 1.57. The summed E-state index contributed by atoms with van der Waals surface area (Å²) in [5.74, 6) is -0.933. The molecule has 1 aliphatic heterocycles. The molecule has 0 atom stereocenters. The highest BCUT2D eigenvalue weighted by Crippen LogP contribution is 2.34. The summed E-state index contributed by atoms with van der Waals surface area (Å²) in [6, 6.07) is 6.33. The third kappa shape index (κ3) is 5.09. The second kappa shape index (κ2) is 10.3. The summed E-state index contributed by atoms with van der Waals surface area (Å²) < 4.78 is 42.9. The molecule has 0 unspecified atom stereocenters. The van der Waals surface area contributed by atoms with Crippen LogP contribution in [0, 0.1) is 17.6 Å². The van der Waals surface area contributed by atoms with Crippen molar-refractivity contribution in [2.45, 2.75) is 19.4 Å². The minimum Gasteiger partial charge on any atom is -0.496 e. The number of benzene rings is 2. The van der Waals surface area contributed by atoms with Crippen LogP contribution >= 0.6 is 0 Å². The third-order valence-electron chi connectivity index (χ3n) is 5.55. The van der Waals surface area contributed by atoms with E-state index in [1.54, 1.807) is 12.1 Å². The van der Waals surface area contributed by atoms with Crippen LogP contribution in [0.25, 0.3) is 0 Å². The minimum atomic E-state index is -0.890. The van der Waals surface area contributed by atoms with Crippen molar-refractivity contribution in [3.63, 3.8) is 0 Å². The molecule has 0 aliphatic carbocycles. The zero-order chi connectivity index (χ0) is 23.3. The van der Waals surface area contributed by atoms with Gasteiger partial charge in [0, 0.05) is 43.2 Å². The lowest BCUT2D eigenvalue weighted by atomic mass is 9.95. The van der Waals surface area contributed by atoms with Crippen LogP contribution in [0.4, 0.5) is 8.78 Å². The van der Waals surface area contributed by atoms with Gasteiger partial charge in [0.2, 0.25) is 5.91 Å². The van der Waals surface area contributed by atoms with Crippen molar-refractivity contribution < 1.29 is 32.6 Å². The molecule has 0 bridgehead atoms. The molecule has 0 radical (unpaired) electrons. The summed E-state index contributed by atoms with van der Waals surface area (Å²) in [6.07, 6.45) is 0.896. The molecular weight excluding hydrogens is 422 g/mol. The van der Waals surface area contributed by atoms with E-state index >= 15 is 0 Å². The number of likely N-dealkylation sites (tertiary alicyclic amines) is 1. The highest BCUT2D eigenvalue weighted by atomic mass is 19.1. The Bertz CT molecular complexity index is 991. The average Bonchev–Trinajstić information content (AvgIpc) is 2.81. The van der Waals surface area contributed by atoms with E-state index in [0.29, 0.717) is 49.2 Å². The summed E-state index contributed by atoms with van der Waals surface area (Å²) in [5.41, 5.74) is 0.563. The minimum absolute atomic E-state index is 0.137. The van der Waals surface area contributed by atoms with Crippen molar-refractivity contribution >= 4 is 11.8 Å². The van der Waals surface area contributed by atoms with Crippen molar-refractivity contribution in [1.82, 2.24) is 10.2 Å². The molecule has 32 heavy (non-hydrogen) atoms. The van der Waals surface area contributed by atoms with Gasteiger partial charge in [-0.1, -0.05) is 0 Å². The first-order valence-corrected chi connectivity index (χ1v) is 10.2. The van der Waals surface area contributed by atoms with Crippen molar-refractivity contribution in [2.24, 2.45) is 5.92 Å². The average molecular weight is 448 g/mol. The number of nitrogens with one attached hydrogen (secondary N) is 1. The van der Waals surface area contributed by atoms with Gasteiger partial charge >= 0.3 is 0 Å². The monoisotopic (exact) mass is 448 g/mol. The number of ether oxygens (including phenoxy) is 3. The first-order chi connectivity index (χ1) is 15.4. The third-order valence-corrected chi connectivity index (χ3v) is 5.55. The zero-order valence-electron chi connectivity index (χ0n) is 18.2. The molecular formula is C23H26F2N2O5. The second-order valence-electron chi connectivity index (χ2n) is 7.43. The van der Waals surface area contributed by atoms with E-state index in [4.69, 9.17) is 14.2 Å². The van der Waals surface area contributed by atoms with E-state index in [1.165, 1.54) is 26.2 Å². The van der Waals surface area contributed by atoms with Gasteiger partial charge in [0.05, 0.1) is 26.9 Å². The number of carbonyl (C=O) groups is 2. The molecule has 0 aromatic heterocycles. The predicted octanol–water partition coefficient (Wildman–Crippen LogP) is 3.16. The van der Waals surface area contributed by atoms with Gasteiger partial charge in [-0.2, -0.15) is 0 Å². The molecule has 1 aliphatic rings. The Labute approximate surface area is 185 Å². The molecule has 9 heteroatoms. The fourth-order valence-corrected chi connectivity index (χ4v) is 3.74. The standard InChI is InChI=1S/C23H26F2N2O5/c1-30-19-12-21(32-3)20(31-2)10-15(19)13-26-22(28)14-6-8-27(9-7-14)23(29)17-5-4-16(24)11-18(17)25/h4-5,10-12,14H,6-9,13H2,1-3H3,(H,26,28). The highest BCUT2D eigenvalue weighted by Gasteiger charge is 2.29. The Hall–Kier alpha value is -3.36. The van der Waals surface area contributed by atoms with Gasteiger partial charge in [0.15, 0.2) is 11.5 Å². The van der Waals surface area contributed by atoms with Crippen LogP contribution in [0.15, 0.2) is 30.3 Å². The van der Waals surface area contributed by atoms with Gasteiger partial charge in [-0.25, -0.2) is 8.78 Å². The number of rotatable bonds is 7. The number of nitrogens with zero attached hydrogens (tertiary/aromatic N) is 1. The lowest BCUT2D eigenvalue weighted by Gasteiger charge is -2.31. The molecule has 2 amide bonds. The van der Waals surface area contributed by atoms with Crippen molar-refractivity contribution in [3.05, 3.63) is 53.1 Å². The van der Waals surface area contributed by atoms with Gasteiger partial charge in [-0.05, 0) is 31.0 Å². The van der Waals surface area contributed by atoms with E-state index in [1.807, 2.05) is 0 Å². The van der Waals surface area contributed by atoms with Crippen molar-refractivity contribution in [3.8, 4) is 17.2 Å². The maximum atomic E-state index is 13.9. The van der Waals surface area contributed by atoms with Crippen LogP contribution in [-0.2, 0) is 11.3 Å². The van der Waals surface area contributed by atoms with E-state index < -0.39 is 17.5 Å². The highest BCUT2D eigenvalue weighted by molar-refractivity contribution is 5.94. The van der Waals surface area contributed by atoms with Crippen LogP contribution in [-0.4, -0.2) is 51.1 Å². The van der Waals surface area contributed by atoms with E-state index in [9.17, 15) is 18.4 Å². The molecule has 0 saturated carbocycles. The maximum absolute atomic E-state index is 13.9. The lowest BCUT2D eigenvalue weighted by Crippen LogP contribution is -2.43. The fourth-order valence-electron chi connectivity index (χ4n) is 3.74. The van der Waals surface area contributed by atoms with Crippen LogP contribution in [0.2, 0.25) is 0 Å². The van der Waals surface area contributed by atoms with E-state index in [0.717, 1.165) is 17.7 Å². The van der Waals surface area contributed by atoms with Crippen LogP contribution < -0.4 is 19.5 Å². The topological polar surface area (TPSA) is 77.1 Å². The molecule has 2 aromatic rings. The van der Waals surface area contributed by atoms with E-state index in [-0.39, 0.29) is 23.9 Å². The summed E-state index contributed by atoms with van der Waals surface area (Å²) in [5, 5.41) is 2.90. The molecule has 1 N–H and O–H groups in total. The first-order valence-electron chi connectivity index (χ1n) is 10.2. The Morgan fingerprint density at radius 3 is 2.19 bits per heavy atom. The SMILES string of the molecule is COc1cc(OC)c(OC)cc1CNC(=O)C1CCN(C(=O)c2ccc(F)cc2F)CC1. The smallest absolute Gasteiger partial charge is 0.256 e. The molecule has 7 nitrogen and oxygen atoms in total. The second-order valence-corrected chi connectivity index (χ2v) is 7.43. The molecule has 2 aromatic carbocycles. The van der Waals surface area contributed by atoms with Gasteiger partial charge < -0.3 is 24.4 Å². The Morgan fingerprint density at radius 2 is 1.59 bits per heavy atom. The predicted molar refractivity (Wildman–Crippen MR) is 113 cm³/mol. The Morgan fingerprint density at radius 1 is 0.969 bits per heavy atom. The van der Waals surface area contributed by atoms with Gasteiger partial charge in [0.1, 0.15) is 17.4 Å². The number of halogens is 2. The summed E-state index contributed by atoms with van der Waals surface area (Å²) >= 11 is 0. The van der Waals surface area contributed by atoms with Crippen molar-refractivity contribution in [1.29, 1.82) is 0 Å². The normalized spacial score (nSPS) is 14.1. The largest absolute Gasteiger partial charge is 0.496 e. The number of hydrogen-bond donors (Lipinski definition) is 1. The molecule has 1 heterocycles. The number of hydrogen-bond acceptors (Lipinski definition) is 5. The van der Waals surface area contributed by atoms with Gasteiger partial charge in [-0.15, -0.1) is 0 Å².